The fourth-order valence-electron chi connectivity index (χ4n) is 2.85. The van der Waals surface area contributed by atoms with Gasteiger partial charge in [0.15, 0.2) is 0 Å². The predicted molar refractivity (Wildman–Crippen MR) is 104 cm³/mol. The van der Waals surface area contributed by atoms with Crippen LogP contribution in [-0.2, 0) is 21.9 Å². The number of carbonyl (C=O) groups is 1. The average molecular weight is 405 g/mol. The molecule has 1 aromatic carbocycles. The molecule has 9 heteroatoms. The topological polar surface area (TPSA) is 97.7 Å². The van der Waals surface area contributed by atoms with Crippen molar-refractivity contribution in [2.75, 3.05) is 19.6 Å². The lowest BCUT2D eigenvalue weighted by Gasteiger charge is -2.39. The third kappa shape index (κ3) is 4.42. The molecule has 8 nitrogen and oxygen atoms in total. The number of sulfonamides is 1. The Labute approximate surface area is 163 Å². The van der Waals surface area contributed by atoms with Crippen LogP contribution in [0.25, 0.3) is 0 Å². The summed E-state index contributed by atoms with van der Waals surface area (Å²) in [6, 6.07) is 9.66. The first-order valence-electron chi connectivity index (χ1n) is 8.84. The molecule has 0 atom stereocenters. The van der Waals surface area contributed by atoms with Gasteiger partial charge in [0.1, 0.15) is 11.9 Å². The van der Waals surface area contributed by atoms with E-state index < -0.39 is 10.0 Å². The molecular weight excluding hydrogens is 382 g/mol. The Morgan fingerprint density at radius 3 is 2.57 bits per heavy atom. The Bertz CT molecular complexity index is 1060. The maximum atomic E-state index is 12.3. The molecule has 150 valence electrons. The highest BCUT2D eigenvalue weighted by atomic mass is 32.2. The molecule has 0 saturated carbocycles. The van der Waals surface area contributed by atoms with Crippen LogP contribution in [0.3, 0.4) is 0 Å². The summed E-state index contributed by atoms with van der Waals surface area (Å²) in [5.74, 6) is 0.147. The van der Waals surface area contributed by atoms with E-state index in [0.717, 1.165) is 11.3 Å². The van der Waals surface area contributed by atoms with Gasteiger partial charge in [0.25, 0.3) is 5.56 Å². The summed E-state index contributed by atoms with van der Waals surface area (Å²) in [7, 11) is -2.05. The number of aromatic nitrogens is 1. The minimum Gasteiger partial charge on any atom is -0.486 e. The molecule has 1 fully saturated rings. The Kier molecular flexibility index (Phi) is 5.57. The zero-order valence-corrected chi connectivity index (χ0v) is 16.8. The zero-order chi connectivity index (χ0) is 20.5. The molecule has 1 amide bonds. The van der Waals surface area contributed by atoms with Crippen LogP contribution in [0.1, 0.15) is 11.3 Å². The normalized spacial score (nSPS) is 14.6. The van der Waals surface area contributed by atoms with Gasteiger partial charge in [-0.05, 0) is 37.6 Å². The number of hydrogen-bond acceptors (Lipinski definition) is 5. The lowest BCUT2D eigenvalue weighted by atomic mass is 10.1. The Morgan fingerprint density at radius 1 is 1.21 bits per heavy atom. The van der Waals surface area contributed by atoms with Crippen LogP contribution in [-0.4, -0.2) is 49.5 Å². The van der Waals surface area contributed by atoms with E-state index >= 15 is 0 Å². The molecule has 1 aromatic heterocycles. The van der Waals surface area contributed by atoms with Gasteiger partial charge in [-0.1, -0.05) is 12.1 Å². The van der Waals surface area contributed by atoms with E-state index in [1.165, 1.54) is 21.6 Å². The van der Waals surface area contributed by atoms with Crippen LogP contribution in [0.5, 0.6) is 5.75 Å². The third-order valence-corrected chi connectivity index (χ3v) is 6.09. The molecule has 1 aliphatic rings. The number of amides is 1. The molecule has 0 unspecified atom stereocenters. The zero-order valence-electron chi connectivity index (χ0n) is 16.0. The van der Waals surface area contributed by atoms with Crippen molar-refractivity contribution in [1.82, 2.24) is 14.2 Å². The summed E-state index contributed by atoms with van der Waals surface area (Å²) in [5, 5.41) is 0. The number of hydrogen-bond donors (Lipinski definition) is 1. The van der Waals surface area contributed by atoms with Gasteiger partial charge in [-0.2, -0.15) is 0 Å². The largest absolute Gasteiger partial charge is 0.486 e. The summed E-state index contributed by atoms with van der Waals surface area (Å²) in [4.78, 5) is 25.6. The molecule has 0 radical (unpaired) electrons. The molecule has 2 aromatic rings. The minimum absolute atomic E-state index is 0.131. The van der Waals surface area contributed by atoms with E-state index in [2.05, 4.69) is 4.72 Å². The first kappa shape index (κ1) is 20.1. The van der Waals surface area contributed by atoms with Crippen LogP contribution >= 0.6 is 0 Å². The summed E-state index contributed by atoms with van der Waals surface area (Å²) in [6.45, 7) is 3.99. The van der Waals surface area contributed by atoms with Crippen LogP contribution < -0.4 is 15.0 Å². The maximum Gasteiger partial charge on any atom is 0.254 e. The van der Waals surface area contributed by atoms with E-state index in [-0.39, 0.29) is 29.0 Å². The lowest BCUT2D eigenvalue weighted by molar-refractivity contribution is -0.138. The second-order valence-electron chi connectivity index (χ2n) is 6.91. The Hall–Kier alpha value is -2.65. The molecular formula is C19H23N3O5S. The summed E-state index contributed by atoms with van der Waals surface area (Å²) in [5.41, 5.74) is 1.44. The van der Waals surface area contributed by atoms with Crippen molar-refractivity contribution in [3.05, 3.63) is 58.0 Å². The molecule has 1 N–H and O–H groups in total. The van der Waals surface area contributed by atoms with E-state index in [9.17, 15) is 18.0 Å². The van der Waals surface area contributed by atoms with Gasteiger partial charge in [0, 0.05) is 18.8 Å². The van der Waals surface area contributed by atoms with Gasteiger partial charge < -0.3 is 14.2 Å². The van der Waals surface area contributed by atoms with E-state index in [1.807, 2.05) is 6.92 Å². The van der Waals surface area contributed by atoms with Gasteiger partial charge in [0.05, 0.1) is 24.5 Å². The fourth-order valence-corrected chi connectivity index (χ4v) is 3.93. The summed E-state index contributed by atoms with van der Waals surface area (Å²) in [6.07, 6.45) is -0.219. The van der Waals surface area contributed by atoms with Crippen LogP contribution in [0, 0.1) is 13.8 Å². The second-order valence-corrected chi connectivity index (χ2v) is 8.68. The second kappa shape index (κ2) is 7.76. The maximum absolute atomic E-state index is 12.3. The summed E-state index contributed by atoms with van der Waals surface area (Å²) < 4.78 is 34.1. The van der Waals surface area contributed by atoms with Crippen molar-refractivity contribution in [3.63, 3.8) is 0 Å². The average Bonchev–Trinajstić information content (AvgIpc) is 2.60. The molecule has 0 spiro atoms. The van der Waals surface area contributed by atoms with Gasteiger partial charge in [-0.3, -0.25) is 9.59 Å². The quantitative estimate of drug-likeness (QED) is 0.758. The van der Waals surface area contributed by atoms with Crippen LogP contribution in [0.4, 0.5) is 0 Å². The monoisotopic (exact) mass is 405 g/mol. The van der Waals surface area contributed by atoms with Crippen molar-refractivity contribution < 1.29 is 17.9 Å². The smallest absolute Gasteiger partial charge is 0.254 e. The van der Waals surface area contributed by atoms with Crippen molar-refractivity contribution in [2.45, 2.75) is 24.8 Å². The number of likely N-dealkylation sites (tertiary alicyclic amines) is 1. The molecule has 2 heterocycles. The van der Waals surface area contributed by atoms with Gasteiger partial charge in [-0.25, -0.2) is 13.1 Å². The predicted octanol–water partition coefficient (Wildman–Crippen LogP) is 0.570. The number of nitrogens with zero attached hydrogens (tertiary/aromatic N) is 2. The number of benzene rings is 1. The van der Waals surface area contributed by atoms with E-state index in [4.69, 9.17) is 4.74 Å². The number of aryl methyl sites for hydroxylation is 2. The number of carbonyl (C=O) groups excluding carboxylic acids is 1. The van der Waals surface area contributed by atoms with Gasteiger partial charge in [0.2, 0.25) is 15.9 Å². The number of nitrogens with one attached hydrogen (secondary N) is 1. The van der Waals surface area contributed by atoms with Crippen LogP contribution in [0.2, 0.25) is 0 Å². The molecule has 0 aliphatic carbocycles. The van der Waals surface area contributed by atoms with Crippen molar-refractivity contribution in [3.8, 4) is 5.75 Å². The highest BCUT2D eigenvalue weighted by molar-refractivity contribution is 7.89. The third-order valence-electron chi connectivity index (χ3n) is 4.69. The highest BCUT2D eigenvalue weighted by Crippen LogP contribution is 2.18. The molecule has 3 rings (SSSR count). The van der Waals surface area contributed by atoms with Crippen molar-refractivity contribution in [1.29, 1.82) is 0 Å². The van der Waals surface area contributed by atoms with Gasteiger partial charge >= 0.3 is 0 Å². The number of ether oxygens (including phenoxy) is 1. The van der Waals surface area contributed by atoms with Gasteiger partial charge in [-0.15, -0.1) is 0 Å². The molecule has 0 bridgehead atoms. The Morgan fingerprint density at radius 2 is 1.93 bits per heavy atom. The van der Waals surface area contributed by atoms with Crippen molar-refractivity contribution >= 4 is 15.9 Å². The number of pyridine rings is 1. The number of rotatable bonds is 6. The molecule has 28 heavy (non-hydrogen) atoms. The standard InChI is InChI=1S/C19H23N3O5S/c1-13-5-4-6-17(7-13)28(25,26)20-10-19(24)22-11-16(12-22)27-15-8-14(2)21(3)18(23)9-15/h4-9,16,20H,10-12H2,1-3H3. The lowest BCUT2D eigenvalue weighted by Crippen LogP contribution is -2.58. The molecule has 1 saturated heterocycles. The Balaban J connectivity index is 1.51. The van der Waals surface area contributed by atoms with E-state index in [1.54, 1.807) is 38.2 Å². The first-order chi connectivity index (χ1) is 13.2. The SMILES string of the molecule is Cc1cccc(S(=O)(=O)NCC(=O)N2CC(Oc3cc(C)n(C)c(=O)c3)C2)c1. The first-order valence-corrected chi connectivity index (χ1v) is 10.3. The van der Waals surface area contributed by atoms with Crippen LogP contribution in [0.15, 0.2) is 46.1 Å². The fraction of sp³-hybridized carbons (Fsp3) is 0.368. The van der Waals surface area contributed by atoms with E-state index in [0.29, 0.717) is 18.8 Å². The summed E-state index contributed by atoms with van der Waals surface area (Å²) >= 11 is 0. The van der Waals surface area contributed by atoms with Crippen molar-refractivity contribution in [2.24, 2.45) is 7.05 Å². The minimum atomic E-state index is -3.74. The molecule has 1 aliphatic heterocycles. The highest BCUT2D eigenvalue weighted by Gasteiger charge is 2.32.